The van der Waals surface area contributed by atoms with Gasteiger partial charge in [-0.15, -0.1) is 0 Å². The molecule has 0 aliphatic heterocycles. The van der Waals surface area contributed by atoms with E-state index in [1.165, 1.54) is 0 Å². The molecule has 0 saturated heterocycles. The molecule has 1 atom stereocenters. The van der Waals surface area contributed by atoms with E-state index in [2.05, 4.69) is 15.6 Å². The minimum absolute atomic E-state index is 0.210. The summed E-state index contributed by atoms with van der Waals surface area (Å²) in [5.74, 6) is 0.990. The summed E-state index contributed by atoms with van der Waals surface area (Å²) >= 11 is 6.06. The molecule has 0 aliphatic carbocycles. The summed E-state index contributed by atoms with van der Waals surface area (Å²) in [7, 11) is 0. The summed E-state index contributed by atoms with van der Waals surface area (Å²) in [6, 6.07) is 14.2. The van der Waals surface area contributed by atoms with Crippen LogP contribution in [0.5, 0.6) is 11.5 Å². The number of ether oxygens (including phenoxy) is 2. The van der Waals surface area contributed by atoms with Crippen molar-refractivity contribution >= 4 is 23.3 Å². The zero-order valence-corrected chi connectivity index (χ0v) is 16.3. The normalized spacial score (nSPS) is 11.7. The van der Waals surface area contributed by atoms with Crippen molar-refractivity contribution in [3.05, 3.63) is 53.6 Å². The third-order valence-electron chi connectivity index (χ3n) is 3.84. The predicted molar refractivity (Wildman–Crippen MR) is 106 cm³/mol. The first-order valence-electron chi connectivity index (χ1n) is 8.86. The molecular formula is C20H20ClN3O4. The maximum absolute atomic E-state index is 12.5. The molecule has 0 saturated carbocycles. The SMILES string of the molecule is CCCOc1ccc(-c2nonc2NC(=O)[C@@H](C)Oc2ccccc2Cl)cc1. The number of carbonyl (C=O) groups is 1. The molecule has 3 rings (SSSR count). The first-order valence-corrected chi connectivity index (χ1v) is 9.24. The molecule has 7 nitrogen and oxygen atoms in total. The molecule has 0 bridgehead atoms. The van der Waals surface area contributed by atoms with Gasteiger partial charge < -0.3 is 14.8 Å². The zero-order valence-electron chi connectivity index (χ0n) is 15.5. The highest BCUT2D eigenvalue weighted by Gasteiger charge is 2.21. The molecule has 0 radical (unpaired) electrons. The maximum Gasteiger partial charge on any atom is 0.266 e. The van der Waals surface area contributed by atoms with Crippen LogP contribution in [0.15, 0.2) is 53.2 Å². The standard InChI is InChI=1S/C20H20ClN3O4/c1-3-12-26-15-10-8-14(9-11-15)18-19(24-28-23-18)22-20(25)13(2)27-17-7-5-4-6-16(17)21/h4-11,13H,3,12H2,1-2H3,(H,22,24,25)/t13-/m1/s1. The van der Waals surface area contributed by atoms with Crippen molar-refractivity contribution in [2.75, 3.05) is 11.9 Å². The fourth-order valence-corrected chi connectivity index (χ4v) is 2.57. The predicted octanol–water partition coefficient (Wildman–Crippen LogP) is 4.58. The monoisotopic (exact) mass is 401 g/mol. The van der Waals surface area contributed by atoms with Crippen LogP contribution in [-0.2, 0) is 4.79 Å². The Morgan fingerprint density at radius 1 is 1.18 bits per heavy atom. The lowest BCUT2D eigenvalue weighted by Crippen LogP contribution is -2.30. The third-order valence-corrected chi connectivity index (χ3v) is 4.15. The Morgan fingerprint density at radius 3 is 2.64 bits per heavy atom. The zero-order chi connectivity index (χ0) is 19.9. The second-order valence-electron chi connectivity index (χ2n) is 6.01. The number of aromatic nitrogens is 2. The number of hydrogen-bond donors (Lipinski definition) is 1. The van der Waals surface area contributed by atoms with Gasteiger partial charge in [0.15, 0.2) is 11.8 Å². The maximum atomic E-state index is 12.5. The number of hydrogen-bond acceptors (Lipinski definition) is 6. The highest BCUT2D eigenvalue weighted by molar-refractivity contribution is 6.32. The quantitative estimate of drug-likeness (QED) is 0.594. The summed E-state index contributed by atoms with van der Waals surface area (Å²) < 4.78 is 16.0. The van der Waals surface area contributed by atoms with E-state index in [9.17, 15) is 4.79 Å². The summed E-state index contributed by atoms with van der Waals surface area (Å²) in [5.41, 5.74) is 1.15. The second kappa shape index (κ2) is 9.23. The summed E-state index contributed by atoms with van der Waals surface area (Å²) in [6.45, 7) is 4.31. The van der Waals surface area contributed by atoms with Crippen molar-refractivity contribution in [2.45, 2.75) is 26.4 Å². The Kier molecular flexibility index (Phi) is 6.49. The fraction of sp³-hybridized carbons (Fsp3) is 0.250. The molecule has 146 valence electrons. The van der Waals surface area contributed by atoms with Crippen LogP contribution in [0.4, 0.5) is 5.82 Å². The Morgan fingerprint density at radius 2 is 1.93 bits per heavy atom. The lowest BCUT2D eigenvalue weighted by Gasteiger charge is -2.14. The number of nitrogens with zero attached hydrogens (tertiary/aromatic N) is 2. The van der Waals surface area contributed by atoms with Crippen LogP contribution < -0.4 is 14.8 Å². The van der Waals surface area contributed by atoms with Gasteiger partial charge in [0.2, 0.25) is 5.82 Å². The lowest BCUT2D eigenvalue weighted by molar-refractivity contribution is -0.122. The minimum atomic E-state index is -0.797. The van der Waals surface area contributed by atoms with Crippen LogP contribution in [0.1, 0.15) is 20.3 Å². The molecule has 1 amide bonds. The van der Waals surface area contributed by atoms with E-state index in [0.29, 0.717) is 23.1 Å². The number of benzene rings is 2. The number of anilines is 1. The van der Waals surface area contributed by atoms with Crippen LogP contribution in [-0.4, -0.2) is 28.9 Å². The first-order chi connectivity index (χ1) is 13.6. The van der Waals surface area contributed by atoms with Crippen LogP contribution in [0, 0.1) is 0 Å². The highest BCUT2D eigenvalue weighted by atomic mass is 35.5. The lowest BCUT2D eigenvalue weighted by atomic mass is 10.1. The summed E-state index contributed by atoms with van der Waals surface area (Å²) in [6.07, 6.45) is 0.133. The molecular weight excluding hydrogens is 382 g/mol. The molecule has 0 unspecified atom stereocenters. The largest absolute Gasteiger partial charge is 0.494 e. The Hall–Kier alpha value is -3.06. The van der Waals surface area contributed by atoms with Crippen molar-refractivity contribution < 1.29 is 18.9 Å². The molecule has 1 N–H and O–H groups in total. The number of rotatable bonds is 8. The molecule has 3 aromatic rings. The van der Waals surface area contributed by atoms with Crippen LogP contribution >= 0.6 is 11.6 Å². The van der Waals surface area contributed by atoms with Gasteiger partial charge in [-0.05, 0) is 60.1 Å². The number of halogens is 1. The van der Waals surface area contributed by atoms with E-state index in [1.807, 2.05) is 31.2 Å². The van der Waals surface area contributed by atoms with Crippen molar-refractivity contribution in [3.63, 3.8) is 0 Å². The van der Waals surface area contributed by atoms with Crippen LogP contribution in [0.25, 0.3) is 11.3 Å². The van der Waals surface area contributed by atoms with Gasteiger partial charge in [0, 0.05) is 5.56 Å². The average molecular weight is 402 g/mol. The van der Waals surface area contributed by atoms with E-state index >= 15 is 0 Å². The summed E-state index contributed by atoms with van der Waals surface area (Å²) in [5, 5.41) is 10.8. The van der Waals surface area contributed by atoms with Crippen molar-refractivity contribution in [1.82, 2.24) is 10.3 Å². The van der Waals surface area contributed by atoms with Crippen molar-refractivity contribution in [1.29, 1.82) is 0 Å². The Balaban J connectivity index is 1.68. The van der Waals surface area contributed by atoms with E-state index in [0.717, 1.165) is 17.7 Å². The Bertz CT molecular complexity index is 927. The first kappa shape index (κ1) is 19.7. The second-order valence-corrected chi connectivity index (χ2v) is 6.42. The van der Waals surface area contributed by atoms with Crippen molar-refractivity contribution in [3.8, 4) is 22.8 Å². The third kappa shape index (κ3) is 4.80. The topological polar surface area (TPSA) is 86.5 Å². The van der Waals surface area contributed by atoms with Gasteiger partial charge in [0.1, 0.15) is 11.5 Å². The highest BCUT2D eigenvalue weighted by Crippen LogP contribution is 2.27. The number of para-hydroxylation sites is 1. The summed E-state index contributed by atoms with van der Waals surface area (Å²) in [4.78, 5) is 12.5. The molecule has 0 aliphatic rings. The molecule has 0 spiro atoms. The van der Waals surface area contributed by atoms with Crippen molar-refractivity contribution in [2.24, 2.45) is 0 Å². The average Bonchev–Trinajstić information content (AvgIpc) is 3.16. The van der Waals surface area contributed by atoms with Gasteiger partial charge in [-0.1, -0.05) is 30.7 Å². The molecule has 28 heavy (non-hydrogen) atoms. The van der Waals surface area contributed by atoms with E-state index < -0.39 is 12.0 Å². The van der Waals surface area contributed by atoms with Crippen LogP contribution in [0.3, 0.4) is 0 Å². The fourth-order valence-electron chi connectivity index (χ4n) is 2.39. The van der Waals surface area contributed by atoms with Gasteiger partial charge in [-0.3, -0.25) is 4.79 Å². The van der Waals surface area contributed by atoms with E-state index in [4.69, 9.17) is 25.7 Å². The van der Waals surface area contributed by atoms with Gasteiger partial charge >= 0.3 is 0 Å². The minimum Gasteiger partial charge on any atom is -0.494 e. The van der Waals surface area contributed by atoms with Crippen LogP contribution in [0.2, 0.25) is 5.02 Å². The molecule has 2 aromatic carbocycles. The Labute approximate surface area is 167 Å². The van der Waals surface area contributed by atoms with Gasteiger partial charge in [-0.2, -0.15) is 0 Å². The number of amides is 1. The van der Waals surface area contributed by atoms with E-state index in [1.54, 1.807) is 31.2 Å². The molecule has 0 fully saturated rings. The van der Waals surface area contributed by atoms with Gasteiger partial charge in [0.05, 0.1) is 11.6 Å². The van der Waals surface area contributed by atoms with Gasteiger partial charge in [-0.25, -0.2) is 4.63 Å². The smallest absolute Gasteiger partial charge is 0.266 e. The number of carbonyl (C=O) groups excluding carboxylic acids is 1. The molecule has 1 heterocycles. The van der Waals surface area contributed by atoms with E-state index in [-0.39, 0.29) is 5.82 Å². The van der Waals surface area contributed by atoms with Gasteiger partial charge in [0.25, 0.3) is 5.91 Å². The molecule has 1 aromatic heterocycles. The number of nitrogens with one attached hydrogen (secondary N) is 1. The molecule has 8 heteroatoms.